The van der Waals surface area contributed by atoms with Gasteiger partial charge in [-0.3, -0.25) is 4.79 Å². The maximum Gasteiger partial charge on any atom is 0.270 e. The van der Waals surface area contributed by atoms with Gasteiger partial charge < -0.3 is 16.4 Å². The van der Waals surface area contributed by atoms with Crippen molar-refractivity contribution in [2.45, 2.75) is 18.9 Å². The van der Waals surface area contributed by atoms with Crippen molar-refractivity contribution >= 4 is 23.1 Å². The lowest BCUT2D eigenvalue weighted by atomic mass is 10.1. The fourth-order valence-corrected chi connectivity index (χ4v) is 3.45. The van der Waals surface area contributed by atoms with Gasteiger partial charge >= 0.3 is 0 Å². The van der Waals surface area contributed by atoms with E-state index in [9.17, 15) is 18.0 Å². The monoisotopic (exact) mass is 398 g/mol. The molecular formula is C21H17F3N4O. The molecule has 5 nitrogen and oxygen atoms in total. The predicted octanol–water partition coefficient (Wildman–Crippen LogP) is 3.72. The Bertz CT molecular complexity index is 1080. The fraction of sp³-hybridized carbons (Fsp3) is 0.143. The number of nitrogen functional groups attached to an aromatic ring is 1. The lowest BCUT2D eigenvalue weighted by molar-refractivity contribution is 0.0933. The Morgan fingerprint density at radius 3 is 2.41 bits per heavy atom. The molecule has 1 aliphatic carbocycles. The maximum atomic E-state index is 13.4. The van der Waals surface area contributed by atoms with Crippen molar-refractivity contribution in [2.24, 2.45) is 0 Å². The van der Waals surface area contributed by atoms with Crippen LogP contribution < -0.4 is 16.4 Å². The number of fused-ring (bicyclic) bond motifs is 1. The molecule has 0 bridgehead atoms. The van der Waals surface area contributed by atoms with E-state index >= 15 is 0 Å². The zero-order valence-electron chi connectivity index (χ0n) is 15.2. The molecule has 29 heavy (non-hydrogen) atoms. The first-order chi connectivity index (χ1) is 13.9. The van der Waals surface area contributed by atoms with Crippen molar-refractivity contribution < 1.29 is 18.0 Å². The number of carbonyl (C=O) groups excluding carboxylic acids is 1. The van der Waals surface area contributed by atoms with Crippen LogP contribution >= 0.6 is 0 Å². The number of halogens is 3. The van der Waals surface area contributed by atoms with Gasteiger partial charge in [-0.05, 0) is 54.3 Å². The van der Waals surface area contributed by atoms with Crippen LogP contribution in [0.25, 0.3) is 0 Å². The van der Waals surface area contributed by atoms with Gasteiger partial charge in [0.05, 0.1) is 0 Å². The van der Waals surface area contributed by atoms with E-state index in [1.54, 1.807) is 6.07 Å². The molecule has 0 radical (unpaired) electrons. The van der Waals surface area contributed by atoms with E-state index in [0.29, 0.717) is 12.8 Å². The van der Waals surface area contributed by atoms with E-state index in [1.807, 2.05) is 0 Å². The maximum absolute atomic E-state index is 13.4. The molecule has 3 aromatic rings. The van der Waals surface area contributed by atoms with E-state index in [1.165, 1.54) is 24.3 Å². The number of anilines is 3. The third-order valence-corrected chi connectivity index (χ3v) is 4.65. The number of amides is 1. The number of rotatable bonds is 4. The van der Waals surface area contributed by atoms with Crippen LogP contribution in [0.5, 0.6) is 0 Å². The van der Waals surface area contributed by atoms with Gasteiger partial charge in [-0.2, -0.15) is 0 Å². The second kappa shape index (κ2) is 7.46. The molecule has 4 rings (SSSR count). The van der Waals surface area contributed by atoms with Crippen molar-refractivity contribution in [3.63, 3.8) is 0 Å². The van der Waals surface area contributed by atoms with Crippen LogP contribution in [0.3, 0.4) is 0 Å². The lowest BCUT2D eigenvalue weighted by Gasteiger charge is -2.13. The molecule has 1 heterocycles. The molecule has 2 aromatic carbocycles. The van der Waals surface area contributed by atoms with Gasteiger partial charge in [0.1, 0.15) is 29.0 Å². The highest BCUT2D eigenvalue weighted by atomic mass is 19.1. The predicted molar refractivity (Wildman–Crippen MR) is 103 cm³/mol. The molecule has 0 aliphatic heterocycles. The average Bonchev–Trinajstić information content (AvgIpc) is 3.01. The second-order valence-corrected chi connectivity index (χ2v) is 6.95. The first-order valence-corrected chi connectivity index (χ1v) is 8.94. The summed E-state index contributed by atoms with van der Waals surface area (Å²) in [6.07, 6.45) is 1.12. The first kappa shape index (κ1) is 18.8. The second-order valence-electron chi connectivity index (χ2n) is 6.95. The highest BCUT2D eigenvalue weighted by Gasteiger charge is 2.24. The van der Waals surface area contributed by atoms with E-state index in [0.717, 1.165) is 29.3 Å². The number of nitrogens with two attached hydrogens (primary N) is 1. The molecule has 0 saturated carbocycles. The summed E-state index contributed by atoms with van der Waals surface area (Å²) >= 11 is 0. The molecule has 4 N–H and O–H groups in total. The van der Waals surface area contributed by atoms with Crippen LogP contribution in [0.1, 0.15) is 21.6 Å². The zero-order valence-corrected chi connectivity index (χ0v) is 15.2. The lowest BCUT2D eigenvalue weighted by Crippen LogP contribution is -2.35. The molecule has 1 amide bonds. The molecule has 148 valence electrons. The van der Waals surface area contributed by atoms with Crippen LogP contribution in [-0.4, -0.2) is 16.9 Å². The van der Waals surface area contributed by atoms with E-state index in [-0.39, 0.29) is 34.7 Å². The number of carbonyl (C=O) groups is 1. The van der Waals surface area contributed by atoms with E-state index in [4.69, 9.17) is 5.73 Å². The van der Waals surface area contributed by atoms with Gasteiger partial charge in [0.25, 0.3) is 5.91 Å². The third-order valence-electron chi connectivity index (χ3n) is 4.65. The minimum atomic E-state index is -0.744. The minimum Gasteiger partial charge on any atom is -0.399 e. The molecule has 1 atom stereocenters. The standard InChI is InChI=1S/C21H17F3N4O/c22-13-2-1-11-4-17(5-12(11)3-13)27-21(29)19-9-16(25)10-20(28-19)26-18-7-14(23)6-15(24)8-18/h1-3,6-10,17H,4-5H2,(H,27,29)(H3,25,26,28). The van der Waals surface area contributed by atoms with Crippen LogP contribution in [0.15, 0.2) is 48.5 Å². The summed E-state index contributed by atoms with van der Waals surface area (Å²) in [4.78, 5) is 16.8. The number of aromatic nitrogens is 1. The Morgan fingerprint density at radius 1 is 0.931 bits per heavy atom. The fourth-order valence-electron chi connectivity index (χ4n) is 3.45. The van der Waals surface area contributed by atoms with Crippen LogP contribution in [0.4, 0.5) is 30.4 Å². The van der Waals surface area contributed by atoms with Gasteiger partial charge in [0.15, 0.2) is 0 Å². The van der Waals surface area contributed by atoms with Crippen LogP contribution in [0.2, 0.25) is 0 Å². The van der Waals surface area contributed by atoms with Crippen molar-refractivity contribution in [3.05, 3.63) is 82.8 Å². The van der Waals surface area contributed by atoms with Gasteiger partial charge in [0, 0.05) is 29.5 Å². The highest BCUT2D eigenvalue weighted by Crippen LogP contribution is 2.24. The molecule has 1 unspecified atom stereocenters. The number of nitrogens with one attached hydrogen (secondary N) is 2. The number of hydrogen-bond donors (Lipinski definition) is 3. The molecule has 0 fully saturated rings. The molecular weight excluding hydrogens is 381 g/mol. The van der Waals surface area contributed by atoms with E-state index in [2.05, 4.69) is 15.6 Å². The van der Waals surface area contributed by atoms with Gasteiger partial charge in [-0.1, -0.05) is 6.07 Å². The molecule has 0 saturated heterocycles. The summed E-state index contributed by atoms with van der Waals surface area (Å²) in [5.74, 6) is -2.06. The largest absolute Gasteiger partial charge is 0.399 e. The smallest absolute Gasteiger partial charge is 0.270 e. The molecule has 1 aromatic heterocycles. The molecule has 8 heteroatoms. The summed E-state index contributed by atoms with van der Waals surface area (Å²) in [5, 5.41) is 5.61. The van der Waals surface area contributed by atoms with Gasteiger partial charge in [-0.15, -0.1) is 0 Å². The number of hydrogen-bond acceptors (Lipinski definition) is 4. The van der Waals surface area contributed by atoms with Crippen LogP contribution in [-0.2, 0) is 12.8 Å². The van der Waals surface area contributed by atoms with Crippen molar-refractivity contribution in [2.75, 3.05) is 11.1 Å². The number of nitrogens with zero attached hydrogens (tertiary/aromatic N) is 1. The zero-order chi connectivity index (χ0) is 20.5. The van der Waals surface area contributed by atoms with Gasteiger partial charge in [-0.25, -0.2) is 18.2 Å². The highest BCUT2D eigenvalue weighted by molar-refractivity contribution is 5.94. The summed E-state index contributed by atoms with van der Waals surface area (Å²) in [5.41, 5.74) is 8.18. The van der Waals surface area contributed by atoms with Gasteiger partial charge in [0.2, 0.25) is 0 Å². The topological polar surface area (TPSA) is 80.0 Å². The third kappa shape index (κ3) is 4.31. The Labute approximate surface area is 164 Å². The summed E-state index contributed by atoms with van der Waals surface area (Å²) in [6.45, 7) is 0. The van der Waals surface area contributed by atoms with E-state index < -0.39 is 17.5 Å². The molecule has 1 aliphatic rings. The normalized spacial score (nSPS) is 15.1. The van der Waals surface area contributed by atoms with Crippen molar-refractivity contribution in [1.82, 2.24) is 10.3 Å². The minimum absolute atomic E-state index is 0.0616. The number of pyridine rings is 1. The number of benzene rings is 2. The quantitative estimate of drug-likeness (QED) is 0.626. The Balaban J connectivity index is 1.49. The Hall–Kier alpha value is -3.55. The SMILES string of the molecule is Nc1cc(Nc2cc(F)cc(F)c2)nc(C(=O)NC2Cc3ccc(F)cc3C2)c1. The Kier molecular flexibility index (Phi) is 4.84. The summed E-state index contributed by atoms with van der Waals surface area (Å²) < 4.78 is 40.1. The summed E-state index contributed by atoms with van der Waals surface area (Å²) in [7, 11) is 0. The molecule has 0 spiro atoms. The summed E-state index contributed by atoms with van der Waals surface area (Å²) in [6, 6.07) is 10.2. The van der Waals surface area contributed by atoms with Crippen molar-refractivity contribution in [1.29, 1.82) is 0 Å². The Morgan fingerprint density at radius 2 is 1.66 bits per heavy atom. The van der Waals surface area contributed by atoms with Crippen LogP contribution in [0, 0.1) is 17.5 Å². The van der Waals surface area contributed by atoms with Crippen molar-refractivity contribution in [3.8, 4) is 0 Å². The average molecular weight is 398 g/mol. The first-order valence-electron chi connectivity index (χ1n) is 8.94.